The number of nitrogens with zero attached hydrogens (tertiary/aromatic N) is 4. The highest BCUT2D eigenvalue weighted by Gasteiger charge is 2.17. The molecule has 1 N–H and O–H groups in total. The van der Waals surface area contributed by atoms with Gasteiger partial charge in [-0.2, -0.15) is 5.10 Å². The Hall–Kier alpha value is -3.82. The third-order valence-corrected chi connectivity index (χ3v) is 4.61. The maximum atomic E-state index is 12.2. The third kappa shape index (κ3) is 4.92. The topological polar surface area (TPSA) is 131 Å². The Kier molecular flexibility index (Phi) is 6.12. The van der Waals surface area contributed by atoms with Crippen molar-refractivity contribution in [3.05, 3.63) is 73.8 Å². The monoisotopic (exact) mass is 397 g/mol. The molecule has 1 aliphatic rings. The molecule has 0 radical (unpaired) electrons. The molecule has 10 heteroatoms. The number of carbonyl (C=O) groups excluding carboxylic acids is 1. The van der Waals surface area contributed by atoms with E-state index in [-0.39, 0.29) is 16.9 Å². The maximum Gasteiger partial charge on any atom is 0.271 e. The Morgan fingerprint density at radius 3 is 2.38 bits per heavy atom. The Morgan fingerprint density at radius 1 is 1.00 bits per heavy atom. The second-order valence-corrected chi connectivity index (χ2v) is 6.55. The summed E-state index contributed by atoms with van der Waals surface area (Å²) in [6.45, 7) is 1.69. The van der Waals surface area contributed by atoms with E-state index in [1.54, 1.807) is 6.07 Å². The van der Waals surface area contributed by atoms with Crippen LogP contribution in [0.4, 0.5) is 17.1 Å². The van der Waals surface area contributed by atoms with Crippen LogP contribution in [0.15, 0.2) is 47.6 Å². The summed E-state index contributed by atoms with van der Waals surface area (Å²) in [7, 11) is 0. The number of carbonyl (C=O) groups is 1. The standard InChI is InChI=1S/C19H19N5O5/c25-19(14-5-4-6-16(11-14)23(26)27)21-20-13-15-12-17(24(28)29)7-8-18(15)22-9-2-1-3-10-22/h4-8,11-13H,1-3,9-10H2,(H,21,25)/b20-13+. The molecule has 150 valence electrons. The van der Waals surface area contributed by atoms with E-state index in [9.17, 15) is 25.0 Å². The van der Waals surface area contributed by atoms with E-state index in [0.29, 0.717) is 5.56 Å². The fraction of sp³-hybridized carbons (Fsp3) is 0.263. The van der Waals surface area contributed by atoms with Crippen molar-refractivity contribution in [2.75, 3.05) is 18.0 Å². The van der Waals surface area contributed by atoms with Crippen molar-refractivity contribution in [3.8, 4) is 0 Å². The molecule has 0 aliphatic carbocycles. The molecule has 1 heterocycles. The molecule has 1 aliphatic heterocycles. The first-order chi connectivity index (χ1) is 14.0. The van der Waals surface area contributed by atoms with E-state index in [0.717, 1.165) is 44.1 Å². The average molecular weight is 397 g/mol. The minimum absolute atomic E-state index is 0.0720. The number of hydrazone groups is 1. The normalized spacial score (nSPS) is 14.0. The number of hydrogen-bond acceptors (Lipinski definition) is 7. The molecule has 10 nitrogen and oxygen atoms in total. The van der Waals surface area contributed by atoms with E-state index >= 15 is 0 Å². The SMILES string of the molecule is O=C(N/N=C/c1cc([N+](=O)[O-])ccc1N1CCCCC1)c1cccc([N+](=O)[O-])c1. The van der Waals surface area contributed by atoms with Crippen molar-refractivity contribution in [2.45, 2.75) is 19.3 Å². The van der Waals surface area contributed by atoms with Gasteiger partial charge in [0.2, 0.25) is 0 Å². The number of piperidine rings is 1. The van der Waals surface area contributed by atoms with Gasteiger partial charge in [0.15, 0.2) is 0 Å². The second-order valence-electron chi connectivity index (χ2n) is 6.55. The molecule has 29 heavy (non-hydrogen) atoms. The van der Waals surface area contributed by atoms with Crippen LogP contribution in [0.25, 0.3) is 0 Å². The van der Waals surface area contributed by atoms with Crippen molar-refractivity contribution in [2.24, 2.45) is 5.10 Å². The molecule has 1 amide bonds. The number of non-ortho nitro benzene ring substituents is 2. The summed E-state index contributed by atoms with van der Waals surface area (Å²) in [5, 5.41) is 25.9. The molecule has 0 aromatic heterocycles. The van der Waals surface area contributed by atoms with Gasteiger partial charge >= 0.3 is 0 Å². The maximum absolute atomic E-state index is 12.2. The van der Waals surface area contributed by atoms with Gasteiger partial charge in [0, 0.05) is 54.2 Å². The molecule has 0 bridgehead atoms. The van der Waals surface area contributed by atoms with Crippen LogP contribution in [0.1, 0.15) is 35.2 Å². The molecule has 2 aromatic carbocycles. The zero-order valence-electron chi connectivity index (χ0n) is 15.5. The van der Waals surface area contributed by atoms with Gasteiger partial charge in [-0.15, -0.1) is 0 Å². The number of anilines is 1. The van der Waals surface area contributed by atoms with Crippen LogP contribution < -0.4 is 10.3 Å². The van der Waals surface area contributed by atoms with E-state index in [2.05, 4.69) is 15.4 Å². The second kappa shape index (κ2) is 8.91. The minimum atomic E-state index is -0.616. The van der Waals surface area contributed by atoms with E-state index in [1.807, 2.05) is 0 Å². The van der Waals surface area contributed by atoms with Gasteiger partial charge in [-0.3, -0.25) is 25.0 Å². The predicted molar refractivity (Wildman–Crippen MR) is 107 cm³/mol. The Labute approximate surface area is 166 Å². The number of nitro groups is 2. The summed E-state index contributed by atoms with van der Waals surface area (Å²) < 4.78 is 0. The van der Waals surface area contributed by atoms with Crippen LogP contribution >= 0.6 is 0 Å². The fourth-order valence-electron chi connectivity index (χ4n) is 3.17. The number of hydrogen-bond donors (Lipinski definition) is 1. The van der Waals surface area contributed by atoms with Crippen LogP contribution in [-0.2, 0) is 0 Å². The summed E-state index contributed by atoms with van der Waals surface area (Å²) in [6.07, 6.45) is 4.58. The van der Waals surface area contributed by atoms with Gasteiger partial charge < -0.3 is 4.90 Å². The summed E-state index contributed by atoms with van der Waals surface area (Å²) >= 11 is 0. The molecule has 0 atom stereocenters. The number of nitro benzene ring substituents is 2. The van der Waals surface area contributed by atoms with Gasteiger partial charge in [-0.25, -0.2) is 5.43 Å². The van der Waals surface area contributed by atoms with E-state index < -0.39 is 15.8 Å². The van der Waals surface area contributed by atoms with Gasteiger partial charge in [0.25, 0.3) is 17.3 Å². The van der Waals surface area contributed by atoms with Crippen molar-refractivity contribution < 1.29 is 14.6 Å². The minimum Gasteiger partial charge on any atom is -0.371 e. The van der Waals surface area contributed by atoms with Crippen LogP contribution in [-0.4, -0.2) is 35.1 Å². The smallest absolute Gasteiger partial charge is 0.271 e. The number of benzene rings is 2. The lowest BCUT2D eigenvalue weighted by atomic mass is 10.1. The largest absolute Gasteiger partial charge is 0.371 e. The summed E-state index contributed by atoms with van der Waals surface area (Å²) in [6, 6.07) is 9.82. The zero-order valence-corrected chi connectivity index (χ0v) is 15.5. The lowest BCUT2D eigenvalue weighted by molar-refractivity contribution is -0.385. The molecule has 3 rings (SSSR count). The first kappa shape index (κ1) is 19.9. The zero-order chi connectivity index (χ0) is 20.8. The molecular weight excluding hydrogens is 378 g/mol. The Balaban J connectivity index is 1.80. The number of rotatable bonds is 6. The lowest BCUT2D eigenvalue weighted by Crippen LogP contribution is -2.30. The highest BCUT2D eigenvalue weighted by Crippen LogP contribution is 2.27. The van der Waals surface area contributed by atoms with Gasteiger partial charge in [0.1, 0.15) is 0 Å². The summed E-state index contributed by atoms with van der Waals surface area (Å²) in [5.74, 6) is -0.616. The predicted octanol–water partition coefficient (Wildman–Crippen LogP) is 3.26. The molecule has 0 spiro atoms. The van der Waals surface area contributed by atoms with Crippen molar-refractivity contribution in [1.82, 2.24) is 5.43 Å². The number of amides is 1. The first-order valence-corrected chi connectivity index (χ1v) is 9.07. The van der Waals surface area contributed by atoms with E-state index in [1.165, 1.54) is 36.5 Å². The Morgan fingerprint density at radius 2 is 1.69 bits per heavy atom. The molecule has 2 aromatic rings. The van der Waals surface area contributed by atoms with Crippen LogP contribution in [0, 0.1) is 20.2 Å². The molecule has 1 fully saturated rings. The highest BCUT2D eigenvalue weighted by molar-refractivity contribution is 5.96. The first-order valence-electron chi connectivity index (χ1n) is 9.07. The van der Waals surface area contributed by atoms with Crippen molar-refractivity contribution in [3.63, 3.8) is 0 Å². The van der Waals surface area contributed by atoms with Crippen LogP contribution in [0.3, 0.4) is 0 Å². The van der Waals surface area contributed by atoms with Crippen LogP contribution in [0.5, 0.6) is 0 Å². The summed E-state index contributed by atoms with van der Waals surface area (Å²) in [4.78, 5) is 35.2. The fourth-order valence-corrected chi connectivity index (χ4v) is 3.17. The van der Waals surface area contributed by atoms with Crippen molar-refractivity contribution >= 4 is 29.2 Å². The van der Waals surface area contributed by atoms with Crippen LogP contribution in [0.2, 0.25) is 0 Å². The third-order valence-electron chi connectivity index (χ3n) is 4.61. The van der Waals surface area contributed by atoms with Gasteiger partial charge in [-0.05, 0) is 31.4 Å². The summed E-state index contributed by atoms with van der Waals surface area (Å²) in [5.41, 5.74) is 3.45. The van der Waals surface area contributed by atoms with Gasteiger partial charge in [0.05, 0.1) is 16.1 Å². The highest BCUT2D eigenvalue weighted by atomic mass is 16.6. The van der Waals surface area contributed by atoms with E-state index in [4.69, 9.17) is 0 Å². The molecular formula is C19H19N5O5. The van der Waals surface area contributed by atoms with Gasteiger partial charge in [-0.1, -0.05) is 6.07 Å². The lowest BCUT2D eigenvalue weighted by Gasteiger charge is -2.29. The quantitative estimate of drug-likeness (QED) is 0.452. The molecule has 1 saturated heterocycles. The molecule has 0 unspecified atom stereocenters. The number of nitrogens with one attached hydrogen (secondary N) is 1. The average Bonchev–Trinajstić information content (AvgIpc) is 2.74. The molecule has 0 saturated carbocycles. The Bertz CT molecular complexity index is 969. The van der Waals surface area contributed by atoms with Crippen molar-refractivity contribution in [1.29, 1.82) is 0 Å².